The molecule has 4 heteroatoms. The second kappa shape index (κ2) is 5.19. The molecule has 0 aromatic heterocycles. The molecule has 0 spiro atoms. The molecule has 0 fully saturated rings. The Kier molecular flexibility index (Phi) is 3.64. The molecule has 1 N–H and O–H groups in total. The van der Waals surface area contributed by atoms with Gasteiger partial charge in [-0.25, -0.2) is 0 Å². The molecule has 2 rings (SSSR count). The van der Waals surface area contributed by atoms with E-state index in [0.29, 0.717) is 36.8 Å². The van der Waals surface area contributed by atoms with Gasteiger partial charge in [0.05, 0.1) is 0 Å². The topological polar surface area (TPSA) is 47.6 Å². The van der Waals surface area contributed by atoms with Crippen LogP contribution in [0.2, 0.25) is 0 Å². The molecule has 1 aliphatic rings. The minimum Gasteiger partial charge on any atom is -0.486 e. The van der Waals surface area contributed by atoms with Crippen molar-refractivity contribution in [1.82, 2.24) is 5.32 Å². The Hall–Kier alpha value is -1.55. The maximum absolute atomic E-state index is 12.1. The van der Waals surface area contributed by atoms with Gasteiger partial charge in [0.15, 0.2) is 17.3 Å². The van der Waals surface area contributed by atoms with Gasteiger partial charge in [-0.1, -0.05) is 6.92 Å². The lowest BCUT2D eigenvalue weighted by Crippen LogP contribution is -2.24. The van der Waals surface area contributed by atoms with Gasteiger partial charge in [-0.2, -0.15) is 0 Å². The van der Waals surface area contributed by atoms with E-state index in [4.69, 9.17) is 9.47 Å². The molecular weight excluding hydrogens is 218 g/mol. The van der Waals surface area contributed by atoms with Crippen molar-refractivity contribution in [3.8, 4) is 11.5 Å². The van der Waals surface area contributed by atoms with Crippen LogP contribution in [0.5, 0.6) is 11.5 Å². The third-order valence-electron chi connectivity index (χ3n) is 2.78. The van der Waals surface area contributed by atoms with Crippen LogP contribution in [0.25, 0.3) is 0 Å². The standard InChI is InChI=1S/C13H17NO3/c1-9(8-14-2)13(15)10-3-4-11-12(7-10)17-6-5-16-11/h3-4,7,9,14H,5-6,8H2,1-2H3. The normalized spacial score (nSPS) is 15.4. The molecule has 0 aliphatic carbocycles. The van der Waals surface area contributed by atoms with E-state index in [-0.39, 0.29) is 11.7 Å². The Morgan fingerprint density at radius 3 is 2.76 bits per heavy atom. The van der Waals surface area contributed by atoms with Gasteiger partial charge in [-0.05, 0) is 25.2 Å². The van der Waals surface area contributed by atoms with Crippen LogP contribution in [0.3, 0.4) is 0 Å². The molecule has 4 nitrogen and oxygen atoms in total. The van der Waals surface area contributed by atoms with Crippen LogP contribution in [-0.4, -0.2) is 32.6 Å². The van der Waals surface area contributed by atoms with Crippen molar-refractivity contribution < 1.29 is 14.3 Å². The van der Waals surface area contributed by atoms with Gasteiger partial charge >= 0.3 is 0 Å². The second-order valence-corrected chi connectivity index (χ2v) is 4.18. The highest BCUT2D eigenvalue weighted by atomic mass is 16.6. The van der Waals surface area contributed by atoms with Gasteiger partial charge in [0.25, 0.3) is 0 Å². The summed E-state index contributed by atoms with van der Waals surface area (Å²) in [6, 6.07) is 5.36. The van der Waals surface area contributed by atoms with Crippen molar-refractivity contribution >= 4 is 5.78 Å². The average Bonchev–Trinajstić information content (AvgIpc) is 2.37. The van der Waals surface area contributed by atoms with E-state index in [2.05, 4.69) is 5.32 Å². The lowest BCUT2D eigenvalue weighted by molar-refractivity contribution is 0.0929. The molecule has 1 aliphatic heterocycles. The van der Waals surface area contributed by atoms with Crippen molar-refractivity contribution in [3.63, 3.8) is 0 Å². The Morgan fingerprint density at radius 1 is 1.35 bits per heavy atom. The summed E-state index contributed by atoms with van der Waals surface area (Å²) < 4.78 is 10.9. The first-order chi connectivity index (χ1) is 8.22. The van der Waals surface area contributed by atoms with Crippen LogP contribution < -0.4 is 14.8 Å². The molecule has 0 saturated carbocycles. The molecule has 0 amide bonds. The molecule has 1 aromatic rings. The van der Waals surface area contributed by atoms with E-state index in [9.17, 15) is 4.79 Å². The molecule has 1 atom stereocenters. The number of fused-ring (bicyclic) bond motifs is 1. The zero-order valence-electron chi connectivity index (χ0n) is 10.2. The summed E-state index contributed by atoms with van der Waals surface area (Å²) in [5.74, 6) is 1.46. The minimum absolute atomic E-state index is 0.0393. The predicted molar refractivity (Wildman–Crippen MR) is 64.9 cm³/mol. The van der Waals surface area contributed by atoms with Gasteiger partial charge in [-0.15, -0.1) is 0 Å². The van der Waals surface area contributed by atoms with Crippen LogP contribution in [0.1, 0.15) is 17.3 Å². The molecule has 1 heterocycles. The fraction of sp³-hybridized carbons (Fsp3) is 0.462. The molecule has 0 saturated heterocycles. The maximum atomic E-state index is 12.1. The Labute approximate surface area is 101 Å². The predicted octanol–water partition coefficient (Wildman–Crippen LogP) is 1.50. The van der Waals surface area contributed by atoms with Crippen molar-refractivity contribution in [2.24, 2.45) is 5.92 Å². The highest BCUT2D eigenvalue weighted by molar-refractivity contribution is 5.98. The summed E-state index contributed by atoms with van der Waals surface area (Å²) in [5, 5.41) is 3.00. The summed E-state index contributed by atoms with van der Waals surface area (Å²) in [6.07, 6.45) is 0. The second-order valence-electron chi connectivity index (χ2n) is 4.18. The van der Waals surface area contributed by atoms with E-state index in [0.717, 1.165) is 0 Å². The quantitative estimate of drug-likeness (QED) is 0.803. The number of hydrogen-bond donors (Lipinski definition) is 1. The number of carbonyl (C=O) groups excluding carboxylic acids is 1. The van der Waals surface area contributed by atoms with Crippen LogP contribution in [-0.2, 0) is 0 Å². The van der Waals surface area contributed by atoms with E-state index < -0.39 is 0 Å². The summed E-state index contributed by atoms with van der Waals surface area (Å²) >= 11 is 0. The summed E-state index contributed by atoms with van der Waals surface area (Å²) in [4.78, 5) is 12.1. The lowest BCUT2D eigenvalue weighted by Gasteiger charge is -2.19. The first kappa shape index (κ1) is 11.9. The van der Waals surface area contributed by atoms with Crippen molar-refractivity contribution in [3.05, 3.63) is 23.8 Å². The number of carbonyl (C=O) groups is 1. The Morgan fingerprint density at radius 2 is 2.06 bits per heavy atom. The first-order valence-electron chi connectivity index (χ1n) is 5.81. The Balaban J connectivity index is 2.19. The third-order valence-corrected chi connectivity index (χ3v) is 2.78. The van der Waals surface area contributed by atoms with Crippen LogP contribution in [0, 0.1) is 5.92 Å². The number of ketones is 1. The highest BCUT2D eigenvalue weighted by Crippen LogP contribution is 2.31. The van der Waals surface area contributed by atoms with Gasteiger partial charge in [0, 0.05) is 18.0 Å². The summed E-state index contributed by atoms with van der Waals surface area (Å²) in [6.45, 7) is 3.69. The molecule has 1 aromatic carbocycles. The first-order valence-corrected chi connectivity index (χ1v) is 5.81. The van der Waals surface area contributed by atoms with Crippen molar-refractivity contribution in [2.75, 3.05) is 26.8 Å². The largest absolute Gasteiger partial charge is 0.486 e. The van der Waals surface area contributed by atoms with E-state index >= 15 is 0 Å². The number of rotatable bonds is 4. The fourth-order valence-corrected chi connectivity index (χ4v) is 1.88. The van der Waals surface area contributed by atoms with E-state index in [1.165, 1.54) is 0 Å². The smallest absolute Gasteiger partial charge is 0.167 e. The van der Waals surface area contributed by atoms with Gasteiger partial charge < -0.3 is 14.8 Å². The van der Waals surface area contributed by atoms with E-state index in [1.54, 1.807) is 18.2 Å². The van der Waals surface area contributed by atoms with Gasteiger partial charge in [0.1, 0.15) is 13.2 Å². The zero-order valence-corrected chi connectivity index (χ0v) is 10.2. The number of benzene rings is 1. The average molecular weight is 235 g/mol. The molecule has 92 valence electrons. The van der Waals surface area contributed by atoms with Crippen LogP contribution in [0.15, 0.2) is 18.2 Å². The number of nitrogens with one attached hydrogen (secondary N) is 1. The maximum Gasteiger partial charge on any atom is 0.167 e. The SMILES string of the molecule is CNCC(C)C(=O)c1ccc2c(c1)OCCO2. The fourth-order valence-electron chi connectivity index (χ4n) is 1.88. The van der Waals surface area contributed by atoms with Gasteiger partial charge in [0.2, 0.25) is 0 Å². The Bertz CT molecular complexity index is 417. The molecule has 17 heavy (non-hydrogen) atoms. The molecule has 0 radical (unpaired) electrons. The zero-order chi connectivity index (χ0) is 12.3. The monoisotopic (exact) mass is 235 g/mol. The number of Topliss-reactive ketones (excluding diaryl/α,β-unsaturated/α-hetero) is 1. The molecule has 1 unspecified atom stereocenters. The summed E-state index contributed by atoms with van der Waals surface area (Å²) in [5.41, 5.74) is 0.678. The highest BCUT2D eigenvalue weighted by Gasteiger charge is 2.18. The van der Waals surface area contributed by atoms with Crippen LogP contribution in [0.4, 0.5) is 0 Å². The lowest BCUT2D eigenvalue weighted by atomic mass is 9.99. The van der Waals surface area contributed by atoms with Crippen molar-refractivity contribution in [1.29, 1.82) is 0 Å². The minimum atomic E-state index is -0.0393. The van der Waals surface area contributed by atoms with Crippen LogP contribution >= 0.6 is 0 Å². The third kappa shape index (κ3) is 2.58. The van der Waals surface area contributed by atoms with Gasteiger partial charge in [-0.3, -0.25) is 4.79 Å². The number of hydrogen-bond acceptors (Lipinski definition) is 4. The summed E-state index contributed by atoms with van der Waals surface area (Å²) in [7, 11) is 1.84. The van der Waals surface area contributed by atoms with E-state index in [1.807, 2.05) is 14.0 Å². The number of ether oxygens (including phenoxy) is 2. The van der Waals surface area contributed by atoms with Crippen molar-refractivity contribution in [2.45, 2.75) is 6.92 Å². The molecular formula is C13H17NO3. The molecule has 0 bridgehead atoms.